The van der Waals surface area contributed by atoms with Crippen molar-refractivity contribution in [2.45, 2.75) is 154 Å². The number of allylic oxidation sites excluding steroid dienone is 1. The van der Waals surface area contributed by atoms with Gasteiger partial charge in [0.2, 0.25) is 5.91 Å². The van der Waals surface area contributed by atoms with Gasteiger partial charge in [0.05, 0.1) is 25.4 Å². The van der Waals surface area contributed by atoms with Crippen LogP contribution in [-0.2, 0) is 9.53 Å². The van der Waals surface area contributed by atoms with Gasteiger partial charge < -0.3 is 15.2 Å². The summed E-state index contributed by atoms with van der Waals surface area (Å²) >= 11 is 0. The molecule has 1 heterocycles. The molecule has 1 amide bonds. The molecule has 37 heavy (non-hydrogen) atoms. The Kier molecular flexibility index (Phi) is 23.4. The maximum absolute atomic E-state index is 12.6. The Hall–Kier alpha value is -0.910. The summed E-state index contributed by atoms with van der Waals surface area (Å²) in [7, 11) is 0. The maximum atomic E-state index is 12.6. The lowest BCUT2D eigenvalue weighted by molar-refractivity contribution is -0.122. The van der Waals surface area contributed by atoms with E-state index in [1.54, 1.807) is 0 Å². The van der Waals surface area contributed by atoms with Crippen LogP contribution >= 0.6 is 0 Å². The van der Waals surface area contributed by atoms with Gasteiger partial charge >= 0.3 is 0 Å². The van der Waals surface area contributed by atoms with Crippen LogP contribution in [0.15, 0.2) is 12.2 Å². The number of aliphatic hydroxyl groups excluding tert-OH is 1. The molecule has 0 spiro atoms. The van der Waals surface area contributed by atoms with E-state index in [0.29, 0.717) is 13.0 Å². The molecule has 0 unspecified atom stereocenters. The molecule has 0 radical (unpaired) electrons. The largest absolute Gasteiger partial charge is 0.387 e. The Bertz CT molecular complexity index is 534. The van der Waals surface area contributed by atoms with E-state index in [1.807, 2.05) is 6.08 Å². The van der Waals surface area contributed by atoms with Crippen molar-refractivity contribution in [3.05, 3.63) is 12.2 Å². The number of nitrogens with zero attached hydrogens (tertiary/aromatic N) is 1. The zero-order valence-corrected chi connectivity index (χ0v) is 24.7. The van der Waals surface area contributed by atoms with Crippen LogP contribution in [0.1, 0.15) is 142 Å². The Balaban J connectivity index is 2.25. The van der Waals surface area contributed by atoms with Crippen LogP contribution in [0.5, 0.6) is 0 Å². The van der Waals surface area contributed by atoms with E-state index < -0.39 is 6.10 Å². The van der Waals surface area contributed by atoms with Gasteiger partial charge in [0.15, 0.2) is 0 Å². The fourth-order valence-corrected chi connectivity index (χ4v) is 5.12. The fourth-order valence-electron chi connectivity index (χ4n) is 5.12. The molecular weight excluding hydrogens is 460 g/mol. The van der Waals surface area contributed by atoms with Crippen LogP contribution < -0.4 is 5.32 Å². The zero-order chi connectivity index (χ0) is 26.8. The number of hydrogen-bond acceptors (Lipinski definition) is 4. The summed E-state index contributed by atoms with van der Waals surface area (Å²) in [6, 6.07) is -0.260. The van der Waals surface area contributed by atoms with E-state index in [1.165, 1.54) is 103 Å². The molecule has 0 bridgehead atoms. The second-order valence-electron chi connectivity index (χ2n) is 11.2. The molecule has 0 saturated carbocycles. The summed E-state index contributed by atoms with van der Waals surface area (Å²) in [6.07, 6.45) is 28.2. The van der Waals surface area contributed by atoms with Crippen molar-refractivity contribution in [1.82, 2.24) is 10.2 Å². The average Bonchev–Trinajstić information content (AvgIpc) is 2.91. The highest BCUT2D eigenvalue weighted by molar-refractivity contribution is 5.76. The Morgan fingerprint density at radius 2 is 1.27 bits per heavy atom. The lowest BCUT2D eigenvalue weighted by atomic mass is 10.0. The van der Waals surface area contributed by atoms with Crippen LogP contribution in [0.4, 0.5) is 0 Å². The van der Waals surface area contributed by atoms with Gasteiger partial charge in [0.1, 0.15) is 0 Å². The van der Waals surface area contributed by atoms with Gasteiger partial charge in [-0.15, -0.1) is 0 Å². The summed E-state index contributed by atoms with van der Waals surface area (Å²) < 4.78 is 5.47. The van der Waals surface area contributed by atoms with Gasteiger partial charge in [0.25, 0.3) is 0 Å². The predicted molar refractivity (Wildman–Crippen MR) is 158 cm³/mol. The standard InChI is InChI=1S/C32H62N2O3/c1-3-5-7-9-11-12-13-14-15-16-18-19-21-23-31(35)30(29-34-25-27-37-28-26-34)33-32(36)24-22-20-17-10-8-6-4-2/h21,23,30-31,35H,3-20,22,24-29H2,1-2H3,(H,33,36)/b23-21+/t30-,31-/m1/s1. The van der Waals surface area contributed by atoms with E-state index in [0.717, 1.165) is 45.6 Å². The topological polar surface area (TPSA) is 61.8 Å². The molecular formula is C32H62N2O3. The molecule has 0 aliphatic carbocycles. The molecule has 218 valence electrons. The number of carbonyl (C=O) groups is 1. The number of morpholine rings is 1. The lowest BCUT2D eigenvalue weighted by Gasteiger charge is -2.32. The third-order valence-electron chi connectivity index (χ3n) is 7.63. The molecule has 1 aliphatic heterocycles. The first-order valence-corrected chi connectivity index (χ1v) is 16.1. The summed E-state index contributed by atoms with van der Waals surface area (Å²) in [4.78, 5) is 14.9. The highest BCUT2D eigenvalue weighted by Gasteiger charge is 2.23. The average molecular weight is 523 g/mol. The zero-order valence-electron chi connectivity index (χ0n) is 24.7. The smallest absolute Gasteiger partial charge is 0.220 e. The number of carbonyl (C=O) groups excluding carboxylic acids is 1. The van der Waals surface area contributed by atoms with Crippen LogP contribution in [0.3, 0.4) is 0 Å². The molecule has 1 aliphatic rings. The molecule has 2 atom stereocenters. The molecule has 1 fully saturated rings. The molecule has 2 N–H and O–H groups in total. The minimum atomic E-state index is -0.645. The molecule has 0 aromatic heterocycles. The number of amides is 1. The van der Waals surface area contributed by atoms with E-state index in [9.17, 15) is 9.90 Å². The molecule has 1 saturated heterocycles. The third kappa shape index (κ3) is 20.7. The summed E-state index contributed by atoms with van der Waals surface area (Å²) in [5, 5.41) is 14.0. The second kappa shape index (κ2) is 25.4. The predicted octanol–water partition coefficient (Wildman–Crippen LogP) is 7.56. The minimum absolute atomic E-state index is 0.0737. The van der Waals surface area contributed by atoms with Gasteiger partial charge in [0, 0.05) is 26.1 Å². The van der Waals surface area contributed by atoms with Crippen LogP contribution in [0.2, 0.25) is 0 Å². The van der Waals surface area contributed by atoms with Gasteiger partial charge in [-0.05, 0) is 19.3 Å². The SMILES string of the molecule is CCCCCCCCCCCCC/C=C/[C@@H](O)[C@@H](CN1CCOCC1)NC(=O)CCCCCCCCC. The number of nitrogens with one attached hydrogen (secondary N) is 1. The monoisotopic (exact) mass is 522 g/mol. The van der Waals surface area contributed by atoms with Crippen molar-refractivity contribution in [3.8, 4) is 0 Å². The number of aliphatic hydroxyl groups is 1. The second-order valence-corrected chi connectivity index (χ2v) is 11.2. The highest BCUT2D eigenvalue weighted by Crippen LogP contribution is 2.13. The van der Waals surface area contributed by atoms with E-state index >= 15 is 0 Å². The first-order valence-electron chi connectivity index (χ1n) is 16.1. The molecule has 0 aromatic carbocycles. The van der Waals surface area contributed by atoms with Crippen molar-refractivity contribution in [2.24, 2.45) is 0 Å². The van der Waals surface area contributed by atoms with Crippen LogP contribution in [0, 0.1) is 0 Å². The van der Waals surface area contributed by atoms with Gasteiger partial charge in [-0.2, -0.15) is 0 Å². The first-order chi connectivity index (χ1) is 18.2. The number of hydrogen-bond donors (Lipinski definition) is 2. The van der Waals surface area contributed by atoms with E-state index in [-0.39, 0.29) is 11.9 Å². The van der Waals surface area contributed by atoms with Gasteiger partial charge in [-0.25, -0.2) is 0 Å². The summed E-state index contributed by atoms with van der Waals surface area (Å²) in [5.74, 6) is 0.0737. The molecule has 1 rings (SSSR count). The molecule has 5 nitrogen and oxygen atoms in total. The quantitative estimate of drug-likeness (QED) is 0.0959. The fraction of sp³-hybridized carbons (Fsp3) is 0.906. The highest BCUT2D eigenvalue weighted by atomic mass is 16.5. The van der Waals surface area contributed by atoms with Crippen molar-refractivity contribution in [1.29, 1.82) is 0 Å². The minimum Gasteiger partial charge on any atom is -0.387 e. The van der Waals surface area contributed by atoms with Crippen LogP contribution in [-0.4, -0.2) is 60.9 Å². The van der Waals surface area contributed by atoms with Crippen LogP contribution in [0.25, 0.3) is 0 Å². The van der Waals surface area contributed by atoms with Crippen molar-refractivity contribution in [3.63, 3.8) is 0 Å². The van der Waals surface area contributed by atoms with E-state index in [2.05, 4.69) is 30.1 Å². The Morgan fingerprint density at radius 3 is 1.81 bits per heavy atom. The number of unbranched alkanes of at least 4 members (excludes halogenated alkanes) is 17. The number of rotatable bonds is 25. The van der Waals surface area contributed by atoms with Crippen molar-refractivity contribution >= 4 is 5.91 Å². The van der Waals surface area contributed by atoms with E-state index in [4.69, 9.17) is 4.74 Å². The van der Waals surface area contributed by atoms with Crippen molar-refractivity contribution < 1.29 is 14.6 Å². The summed E-state index contributed by atoms with van der Waals surface area (Å²) in [5.41, 5.74) is 0. The number of ether oxygens (including phenoxy) is 1. The normalized spacial score (nSPS) is 16.3. The lowest BCUT2D eigenvalue weighted by Crippen LogP contribution is -2.52. The van der Waals surface area contributed by atoms with Crippen molar-refractivity contribution in [2.75, 3.05) is 32.8 Å². The first kappa shape index (κ1) is 34.1. The molecule has 5 heteroatoms. The Morgan fingerprint density at radius 1 is 0.784 bits per heavy atom. The maximum Gasteiger partial charge on any atom is 0.220 e. The van der Waals surface area contributed by atoms with Gasteiger partial charge in [-0.1, -0.05) is 129 Å². The molecule has 0 aromatic rings. The third-order valence-corrected chi connectivity index (χ3v) is 7.63. The summed E-state index contributed by atoms with van der Waals surface area (Å²) in [6.45, 7) is 8.36. The van der Waals surface area contributed by atoms with Gasteiger partial charge in [-0.3, -0.25) is 9.69 Å². The Labute approximate surface area is 230 Å².